The first kappa shape index (κ1) is 32.8. The molecule has 0 fully saturated rings. The molecular formula is C35H38ClN3O4S. The van der Waals surface area contributed by atoms with Crippen molar-refractivity contribution in [2.45, 2.75) is 50.6 Å². The first-order valence-corrected chi connectivity index (χ1v) is 16.4. The lowest BCUT2D eigenvalue weighted by molar-refractivity contribution is -0.140. The molecule has 4 aromatic rings. The fourth-order valence-electron chi connectivity index (χ4n) is 4.91. The predicted molar refractivity (Wildman–Crippen MR) is 176 cm³/mol. The van der Waals surface area contributed by atoms with Crippen LogP contribution in [-0.2, 0) is 32.6 Å². The van der Waals surface area contributed by atoms with Crippen molar-refractivity contribution in [3.05, 3.63) is 131 Å². The summed E-state index contributed by atoms with van der Waals surface area (Å²) >= 11 is 6.13. The van der Waals surface area contributed by atoms with Gasteiger partial charge >= 0.3 is 0 Å². The summed E-state index contributed by atoms with van der Waals surface area (Å²) in [5, 5.41) is 3.41. The first-order chi connectivity index (χ1) is 21.1. The number of nitrogens with one attached hydrogen (secondary N) is 1. The van der Waals surface area contributed by atoms with Gasteiger partial charge in [-0.25, -0.2) is 8.42 Å². The molecule has 0 saturated heterocycles. The van der Waals surface area contributed by atoms with E-state index in [9.17, 15) is 18.0 Å². The summed E-state index contributed by atoms with van der Waals surface area (Å²) in [5.74, 6) is -0.590. The van der Waals surface area contributed by atoms with Crippen molar-refractivity contribution in [2.24, 2.45) is 0 Å². The van der Waals surface area contributed by atoms with Crippen molar-refractivity contribution >= 4 is 39.1 Å². The highest BCUT2D eigenvalue weighted by Gasteiger charge is 2.34. The van der Waals surface area contributed by atoms with Gasteiger partial charge in [-0.3, -0.25) is 13.9 Å². The van der Waals surface area contributed by atoms with E-state index in [1.165, 1.54) is 17.0 Å². The Morgan fingerprint density at radius 3 is 1.95 bits per heavy atom. The zero-order valence-corrected chi connectivity index (χ0v) is 26.8. The highest BCUT2D eigenvalue weighted by atomic mass is 35.5. The van der Waals surface area contributed by atoms with Crippen LogP contribution in [0.5, 0.6) is 0 Å². The molecule has 0 heterocycles. The molecule has 7 nitrogen and oxygen atoms in total. The molecule has 0 aliphatic carbocycles. The Balaban J connectivity index is 1.79. The number of halogens is 1. The number of rotatable bonds is 13. The summed E-state index contributed by atoms with van der Waals surface area (Å²) < 4.78 is 29.3. The zero-order valence-electron chi connectivity index (χ0n) is 25.2. The van der Waals surface area contributed by atoms with Crippen LogP contribution >= 0.6 is 11.6 Å². The Labute approximate surface area is 265 Å². The Kier molecular flexibility index (Phi) is 11.2. The molecule has 0 aliphatic heterocycles. The van der Waals surface area contributed by atoms with E-state index in [1.807, 2.05) is 49.4 Å². The second kappa shape index (κ2) is 15.0. The molecule has 1 N–H and O–H groups in total. The second-order valence-electron chi connectivity index (χ2n) is 10.8. The Morgan fingerprint density at radius 1 is 0.795 bits per heavy atom. The van der Waals surface area contributed by atoms with E-state index in [1.54, 1.807) is 54.6 Å². The smallest absolute Gasteiger partial charge is 0.264 e. The highest BCUT2D eigenvalue weighted by Crippen LogP contribution is 2.27. The largest absolute Gasteiger partial charge is 0.355 e. The highest BCUT2D eigenvalue weighted by molar-refractivity contribution is 7.92. The van der Waals surface area contributed by atoms with Gasteiger partial charge in [0.25, 0.3) is 10.0 Å². The van der Waals surface area contributed by atoms with Gasteiger partial charge in [-0.05, 0) is 65.9 Å². The minimum Gasteiger partial charge on any atom is -0.355 e. The van der Waals surface area contributed by atoms with Gasteiger partial charge in [0.15, 0.2) is 0 Å². The number of nitrogens with zero attached hydrogens (tertiary/aromatic N) is 2. The lowest BCUT2D eigenvalue weighted by atomic mass is 10.0. The van der Waals surface area contributed by atoms with Crippen molar-refractivity contribution in [3.8, 4) is 0 Å². The van der Waals surface area contributed by atoms with Gasteiger partial charge in [-0.1, -0.05) is 98.2 Å². The van der Waals surface area contributed by atoms with Gasteiger partial charge in [0.05, 0.1) is 10.6 Å². The van der Waals surface area contributed by atoms with Crippen LogP contribution in [-0.4, -0.2) is 44.3 Å². The molecule has 0 spiro atoms. The Bertz CT molecular complexity index is 1630. The summed E-state index contributed by atoms with van der Waals surface area (Å²) in [6.07, 6.45) is 0.251. The molecule has 2 amide bonds. The van der Waals surface area contributed by atoms with Crippen LogP contribution < -0.4 is 9.62 Å². The SMILES string of the molecule is CCNC(=O)C(Cc1ccccc1)N(Cc1ccc(Cl)cc1)C(=O)CN(c1ccc(C(C)C)cc1)S(=O)(=O)c1ccccc1. The first-order valence-electron chi connectivity index (χ1n) is 14.6. The molecule has 0 saturated carbocycles. The summed E-state index contributed by atoms with van der Waals surface area (Å²) in [6, 6.07) is 30.8. The van der Waals surface area contributed by atoms with E-state index in [0.29, 0.717) is 17.3 Å². The maximum Gasteiger partial charge on any atom is 0.264 e. The standard InChI is InChI=1S/C35H38ClN3O4S/c1-4-37-35(41)33(23-27-11-7-5-8-12-27)38(24-28-15-19-30(36)20-16-28)34(40)25-39(31-21-17-29(18-22-31)26(2)3)44(42,43)32-13-9-6-10-14-32/h5-22,26,33H,4,23-25H2,1-3H3,(H,37,41). The van der Waals surface area contributed by atoms with E-state index in [2.05, 4.69) is 19.2 Å². The van der Waals surface area contributed by atoms with E-state index in [4.69, 9.17) is 11.6 Å². The maximum atomic E-state index is 14.4. The molecule has 0 radical (unpaired) electrons. The number of carbonyl (C=O) groups is 2. The summed E-state index contributed by atoms with van der Waals surface area (Å²) in [7, 11) is -4.14. The van der Waals surface area contributed by atoms with Gasteiger partial charge in [0.1, 0.15) is 12.6 Å². The molecule has 4 aromatic carbocycles. The number of anilines is 1. The zero-order chi connectivity index (χ0) is 31.7. The second-order valence-corrected chi connectivity index (χ2v) is 13.1. The van der Waals surface area contributed by atoms with Gasteiger partial charge < -0.3 is 10.2 Å². The van der Waals surface area contributed by atoms with E-state index >= 15 is 0 Å². The number of carbonyl (C=O) groups excluding carboxylic acids is 2. The minimum atomic E-state index is -4.14. The monoisotopic (exact) mass is 631 g/mol. The van der Waals surface area contributed by atoms with Gasteiger partial charge in [-0.15, -0.1) is 0 Å². The summed E-state index contributed by atoms with van der Waals surface area (Å²) in [6.45, 7) is 5.88. The molecule has 9 heteroatoms. The number of hydrogen-bond acceptors (Lipinski definition) is 4. The normalized spacial score (nSPS) is 12.0. The van der Waals surface area contributed by atoms with E-state index < -0.39 is 28.5 Å². The quantitative estimate of drug-likeness (QED) is 0.184. The van der Waals surface area contributed by atoms with Crippen LogP contribution in [0, 0.1) is 0 Å². The number of sulfonamides is 1. The number of amides is 2. The maximum absolute atomic E-state index is 14.4. The molecule has 230 valence electrons. The third kappa shape index (κ3) is 8.27. The molecule has 1 unspecified atom stereocenters. The van der Waals surface area contributed by atoms with Crippen LogP contribution in [0.4, 0.5) is 5.69 Å². The van der Waals surface area contributed by atoms with E-state index in [0.717, 1.165) is 21.0 Å². The average Bonchev–Trinajstić information content (AvgIpc) is 3.03. The fraction of sp³-hybridized carbons (Fsp3) is 0.257. The number of hydrogen-bond donors (Lipinski definition) is 1. The molecule has 0 bridgehead atoms. The van der Waals surface area contributed by atoms with Crippen LogP contribution in [0.15, 0.2) is 114 Å². The van der Waals surface area contributed by atoms with Crippen LogP contribution in [0.25, 0.3) is 0 Å². The van der Waals surface area contributed by atoms with Crippen LogP contribution in [0.2, 0.25) is 5.02 Å². The topological polar surface area (TPSA) is 86.8 Å². The van der Waals surface area contributed by atoms with Crippen LogP contribution in [0.1, 0.15) is 43.4 Å². The lowest BCUT2D eigenvalue weighted by Crippen LogP contribution is -2.53. The number of benzene rings is 4. The summed E-state index contributed by atoms with van der Waals surface area (Å²) in [5.41, 5.74) is 3.02. The minimum absolute atomic E-state index is 0.0644. The van der Waals surface area contributed by atoms with Crippen molar-refractivity contribution in [1.82, 2.24) is 10.2 Å². The van der Waals surface area contributed by atoms with Gasteiger partial charge in [0.2, 0.25) is 11.8 Å². The molecule has 0 aliphatic rings. The fourth-order valence-corrected chi connectivity index (χ4v) is 6.47. The molecule has 44 heavy (non-hydrogen) atoms. The molecular weight excluding hydrogens is 594 g/mol. The van der Waals surface area contributed by atoms with Crippen LogP contribution in [0.3, 0.4) is 0 Å². The molecule has 1 atom stereocenters. The number of likely N-dealkylation sites (N-methyl/N-ethyl adjacent to an activating group) is 1. The third-order valence-electron chi connectivity index (χ3n) is 7.35. The van der Waals surface area contributed by atoms with Crippen molar-refractivity contribution < 1.29 is 18.0 Å². The Morgan fingerprint density at radius 2 is 1.39 bits per heavy atom. The molecule has 0 aromatic heterocycles. The molecule has 4 rings (SSSR count). The predicted octanol–water partition coefficient (Wildman–Crippen LogP) is 6.43. The van der Waals surface area contributed by atoms with Crippen molar-refractivity contribution in [3.63, 3.8) is 0 Å². The Hall–Kier alpha value is -4.14. The average molecular weight is 632 g/mol. The lowest BCUT2D eigenvalue weighted by Gasteiger charge is -2.34. The van der Waals surface area contributed by atoms with E-state index in [-0.39, 0.29) is 29.7 Å². The van der Waals surface area contributed by atoms with Crippen molar-refractivity contribution in [1.29, 1.82) is 0 Å². The van der Waals surface area contributed by atoms with Gasteiger partial charge in [-0.2, -0.15) is 0 Å². The van der Waals surface area contributed by atoms with Gasteiger partial charge in [0, 0.05) is 24.5 Å². The summed E-state index contributed by atoms with van der Waals surface area (Å²) in [4.78, 5) is 29.5. The third-order valence-corrected chi connectivity index (χ3v) is 9.39. The van der Waals surface area contributed by atoms with Crippen molar-refractivity contribution in [2.75, 3.05) is 17.4 Å².